The van der Waals surface area contributed by atoms with Crippen LogP contribution < -0.4 is 16.9 Å². The molecule has 218 valence electrons. The molecule has 0 saturated carbocycles. The summed E-state index contributed by atoms with van der Waals surface area (Å²) in [6.45, 7) is 0.961. The van der Waals surface area contributed by atoms with Gasteiger partial charge in [0.05, 0.1) is 12.5 Å². The lowest BCUT2D eigenvalue weighted by molar-refractivity contribution is -0.158. The maximum Gasteiger partial charge on any atom is 0.332 e. The fourth-order valence-corrected chi connectivity index (χ4v) is 4.00. The topological polar surface area (TPSA) is 128 Å². The van der Waals surface area contributed by atoms with Crippen LogP contribution in [-0.2, 0) is 38.5 Å². The smallest absolute Gasteiger partial charge is 0.332 e. The fourth-order valence-electron chi connectivity index (χ4n) is 4.00. The van der Waals surface area contributed by atoms with Crippen LogP contribution in [-0.4, -0.2) is 48.9 Å². The van der Waals surface area contributed by atoms with E-state index in [1.165, 1.54) is 16.0 Å². The van der Waals surface area contributed by atoms with Crippen LogP contribution in [0.2, 0.25) is 0 Å². The third kappa shape index (κ3) is 15.5. The van der Waals surface area contributed by atoms with Gasteiger partial charge in [0.15, 0.2) is 0 Å². The molecule has 0 aliphatic rings. The highest BCUT2D eigenvalue weighted by molar-refractivity contribution is 5.85. The van der Waals surface area contributed by atoms with Crippen molar-refractivity contribution in [2.45, 2.75) is 70.3 Å². The summed E-state index contributed by atoms with van der Waals surface area (Å²) in [5.74, 6) is -1.09. The van der Waals surface area contributed by atoms with Crippen LogP contribution in [0.4, 0.5) is 0 Å². The van der Waals surface area contributed by atoms with Gasteiger partial charge in [-0.1, -0.05) is 61.0 Å². The first kappa shape index (κ1) is 36.4. The van der Waals surface area contributed by atoms with Gasteiger partial charge in [-0.15, -0.1) is 24.8 Å². The van der Waals surface area contributed by atoms with E-state index in [0.29, 0.717) is 25.9 Å². The molecule has 5 N–H and O–H groups in total. The molecular weight excluding hydrogens is 539 g/mol. The minimum Gasteiger partial charge on any atom is -0.344 e. The second kappa shape index (κ2) is 21.2. The van der Waals surface area contributed by atoms with Gasteiger partial charge in [-0.05, 0) is 68.2 Å². The van der Waals surface area contributed by atoms with Gasteiger partial charge in [0.2, 0.25) is 5.91 Å². The molecule has 2 rings (SSSR count). The fraction of sp³-hybridized carbons (Fsp3) is 0.483. The minimum atomic E-state index is -0.559. The summed E-state index contributed by atoms with van der Waals surface area (Å²) in [5.41, 5.74) is 17.0. The molecule has 8 nitrogen and oxygen atoms in total. The predicted octanol–water partition coefficient (Wildman–Crippen LogP) is 3.91. The van der Waals surface area contributed by atoms with Crippen molar-refractivity contribution in [3.05, 3.63) is 71.3 Å². The summed E-state index contributed by atoms with van der Waals surface area (Å²) < 4.78 is 0. The summed E-state index contributed by atoms with van der Waals surface area (Å²) in [7, 11) is 1.66. The van der Waals surface area contributed by atoms with Gasteiger partial charge in [0.1, 0.15) is 0 Å². The second-order valence-corrected chi connectivity index (χ2v) is 9.44. The molecule has 0 aliphatic carbocycles. The maximum atomic E-state index is 12.2. The number of amides is 2. The van der Waals surface area contributed by atoms with E-state index in [1.807, 2.05) is 30.3 Å². The van der Waals surface area contributed by atoms with Crippen molar-refractivity contribution in [1.82, 2.24) is 10.4 Å². The number of unbranched alkanes of at least 4 members (excludes halogenated alkanes) is 2. The first-order valence-corrected chi connectivity index (χ1v) is 13.2. The Bertz CT molecular complexity index is 962. The van der Waals surface area contributed by atoms with Crippen molar-refractivity contribution in [1.29, 1.82) is 0 Å². The molecule has 2 amide bonds. The Morgan fingerprint density at radius 2 is 1.44 bits per heavy atom. The molecule has 0 spiro atoms. The predicted molar refractivity (Wildman–Crippen MR) is 160 cm³/mol. The highest BCUT2D eigenvalue weighted by Crippen LogP contribution is 2.11. The van der Waals surface area contributed by atoms with Crippen LogP contribution in [0.15, 0.2) is 54.6 Å². The van der Waals surface area contributed by atoms with E-state index in [9.17, 15) is 14.4 Å². The van der Waals surface area contributed by atoms with Gasteiger partial charge in [0.25, 0.3) is 5.91 Å². The first-order chi connectivity index (χ1) is 17.9. The molecule has 0 aromatic heterocycles. The zero-order valence-electron chi connectivity index (χ0n) is 22.8. The average molecular weight is 584 g/mol. The van der Waals surface area contributed by atoms with Crippen molar-refractivity contribution in [3.8, 4) is 0 Å². The van der Waals surface area contributed by atoms with E-state index in [1.54, 1.807) is 7.05 Å². The number of aryl methyl sites for hydroxylation is 2. The lowest BCUT2D eigenvalue weighted by Crippen LogP contribution is -2.42. The molecule has 1 atom stereocenters. The molecule has 1 unspecified atom stereocenters. The second-order valence-electron chi connectivity index (χ2n) is 9.44. The number of halogens is 2. The van der Waals surface area contributed by atoms with E-state index in [-0.39, 0.29) is 49.5 Å². The summed E-state index contributed by atoms with van der Waals surface area (Å²) in [6, 6.07) is 17.9. The lowest BCUT2D eigenvalue weighted by atomic mass is 10.0. The van der Waals surface area contributed by atoms with Crippen LogP contribution in [0.25, 0.3) is 0 Å². The van der Waals surface area contributed by atoms with Gasteiger partial charge in [-0.25, -0.2) is 4.79 Å². The number of carbonyl (C=O) groups excluding carboxylic acids is 3. The molecule has 39 heavy (non-hydrogen) atoms. The Labute approximate surface area is 245 Å². The number of hydrogen-bond acceptors (Lipinski definition) is 6. The van der Waals surface area contributed by atoms with E-state index in [4.69, 9.17) is 16.3 Å². The standard InChI is InChI=1S/C29H42N4O4.2ClH/c1-33(29(36)26(31)14-7-8-20-30)21-9-15-28(35)37-32-27(34)22-25-18-16-24(17-19-25)13-6-5-12-23-10-3-2-4-11-23;;/h2-4,10-11,16-19,26H,5-9,12-15,20-22,30-31H2,1H3,(H,32,34);2*1H. The molecule has 2 aromatic rings. The number of rotatable bonds is 16. The Morgan fingerprint density at radius 3 is 2.05 bits per heavy atom. The largest absolute Gasteiger partial charge is 0.344 e. The van der Waals surface area contributed by atoms with E-state index >= 15 is 0 Å². The summed E-state index contributed by atoms with van der Waals surface area (Å²) in [4.78, 5) is 42.7. The van der Waals surface area contributed by atoms with Crippen LogP contribution in [0.1, 0.15) is 61.6 Å². The zero-order valence-corrected chi connectivity index (χ0v) is 24.4. The Morgan fingerprint density at radius 1 is 0.846 bits per heavy atom. The molecule has 0 saturated heterocycles. The minimum absolute atomic E-state index is 0. The van der Waals surface area contributed by atoms with Gasteiger partial charge in [-0.2, -0.15) is 5.48 Å². The average Bonchev–Trinajstić information content (AvgIpc) is 2.91. The number of hydrogen-bond donors (Lipinski definition) is 3. The molecule has 0 fully saturated rings. The highest BCUT2D eigenvalue weighted by atomic mass is 35.5. The molecule has 0 aliphatic heterocycles. The van der Waals surface area contributed by atoms with Crippen LogP contribution in [0.5, 0.6) is 0 Å². The van der Waals surface area contributed by atoms with Gasteiger partial charge in [-0.3, -0.25) is 9.59 Å². The van der Waals surface area contributed by atoms with Crippen molar-refractivity contribution in [3.63, 3.8) is 0 Å². The van der Waals surface area contributed by atoms with E-state index in [2.05, 4.69) is 29.7 Å². The Hall–Kier alpha value is -2.65. The molecule has 2 aromatic carbocycles. The van der Waals surface area contributed by atoms with Crippen molar-refractivity contribution < 1.29 is 19.2 Å². The number of nitrogens with two attached hydrogens (primary N) is 2. The first-order valence-electron chi connectivity index (χ1n) is 13.2. The quantitative estimate of drug-likeness (QED) is 0.203. The molecular formula is C29H44Cl2N4O4. The number of benzene rings is 2. The molecule has 0 heterocycles. The molecule has 0 radical (unpaired) electrons. The third-order valence-corrected chi connectivity index (χ3v) is 6.23. The van der Waals surface area contributed by atoms with Crippen molar-refractivity contribution in [2.24, 2.45) is 11.5 Å². The van der Waals surface area contributed by atoms with Crippen molar-refractivity contribution >= 4 is 42.6 Å². The number of carbonyl (C=O) groups is 3. The lowest BCUT2D eigenvalue weighted by Gasteiger charge is -2.21. The number of likely N-dealkylation sites (N-methyl/N-ethyl adjacent to an activating group) is 1. The highest BCUT2D eigenvalue weighted by Gasteiger charge is 2.18. The normalized spacial score (nSPS) is 10.9. The Kier molecular flexibility index (Phi) is 19.8. The van der Waals surface area contributed by atoms with Crippen LogP contribution in [0, 0.1) is 0 Å². The van der Waals surface area contributed by atoms with E-state index < -0.39 is 12.0 Å². The number of hydroxylamine groups is 1. The van der Waals surface area contributed by atoms with E-state index in [0.717, 1.165) is 44.1 Å². The summed E-state index contributed by atoms with van der Waals surface area (Å²) in [6.07, 6.45) is 7.18. The third-order valence-electron chi connectivity index (χ3n) is 6.23. The Balaban J connectivity index is 0.00000722. The van der Waals surface area contributed by atoms with Gasteiger partial charge in [0, 0.05) is 20.0 Å². The SMILES string of the molecule is CN(CCCC(=O)ONC(=O)Cc1ccc(CCCCc2ccccc2)cc1)C(=O)C(N)CCCCN.Cl.Cl. The van der Waals surface area contributed by atoms with Crippen LogP contribution >= 0.6 is 24.8 Å². The van der Waals surface area contributed by atoms with Gasteiger partial charge >= 0.3 is 5.97 Å². The summed E-state index contributed by atoms with van der Waals surface area (Å²) in [5, 5.41) is 0. The van der Waals surface area contributed by atoms with Gasteiger partial charge < -0.3 is 21.2 Å². The number of nitrogens with one attached hydrogen (secondary N) is 1. The molecule has 10 heteroatoms. The molecule has 0 bridgehead atoms. The van der Waals surface area contributed by atoms with Crippen molar-refractivity contribution in [2.75, 3.05) is 20.1 Å². The monoisotopic (exact) mass is 582 g/mol. The maximum absolute atomic E-state index is 12.2. The summed E-state index contributed by atoms with van der Waals surface area (Å²) >= 11 is 0. The number of nitrogens with zero attached hydrogens (tertiary/aromatic N) is 1. The zero-order chi connectivity index (χ0) is 26.9. The van der Waals surface area contributed by atoms with Crippen LogP contribution in [0.3, 0.4) is 0 Å².